The van der Waals surface area contributed by atoms with Gasteiger partial charge >= 0.3 is 0 Å². The molecule has 0 aliphatic carbocycles. The summed E-state index contributed by atoms with van der Waals surface area (Å²) in [6.07, 6.45) is 14.9. The zero-order valence-electron chi connectivity index (χ0n) is 32.8. The van der Waals surface area contributed by atoms with Gasteiger partial charge < -0.3 is 38.6 Å². The summed E-state index contributed by atoms with van der Waals surface area (Å²) in [6, 6.07) is 0. The van der Waals surface area contributed by atoms with E-state index < -0.39 is 0 Å². The molecule has 0 atom stereocenters. The molecule has 0 aromatic heterocycles. The van der Waals surface area contributed by atoms with E-state index in [0.717, 1.165) is 19.6 Å². The Morgan fingerprint density at radius 1 is 0.600 bits per heavy atom. The van der Waals surface area contributed by atoms with Gasteiger partial charge in [0.1, 0.15) is 20.3 Å². The number of allylic oxidation sites excluding steroid dienone is 4. The minimum absolute atomic E-state index is 0.389. The van der Waals surface area contributed by atoms with Crippen molar-refractivity contribution in [2.75, 3.05) is 96.4 Å². The summed E-state index contributed by atoms with van der Waals surface area (Å²) in [5.74, 6) is 0. The lowest BCUT2D eigenvalue weighted by atomic mass is 10.3. The van der Waals surface area contributed by atoms with Crippen LogP contribution in [0.5, 0.6) is 0 Å². The first-order valence-corrected chi connectivity index (χ1v) is 15.6. The van der Waals surface area contributed by atoms with Gasteiger partial charge in [0, 0.05) is 69.1 Å². The highest BCUT2D eigenvalue weighted by Crippen LogP contribution is 1.88. The molecular weight excluding hydrogens is 576 g/mol. The highest BCUT2D eigenvalue weighted by Gasteiger charge is 1.73. The summed E-state index contributed by atoms with van der Waals surface area (Å²) in [5.41, 5.74) is 2.59. The summed E-state index contributed by atoms with van der Waals surface area (Å²) in [7, 11) is 11.6. The maximum atomic E-state index is 4.76. The van der Waals surface area contributed by atoms with Crippen molar-refractivity contribution in [1.82, 2.24) is 5.43 Å². The molecule has 11 nitrogen and oxygen atoms in total. The maximum absolute atomic E-state index is 4.76. The monoisotopic (exact) mass is 657 g/mol. The number of rotatable bonds is 16. The predicted molar refractivity (Wildman–Crippen MR) is 202 cm³/mol. The van der Waals surface area contributed by atoms with Crippen LogP contribution in [0, 0.1) is 0 Å². The highest BCUT2D eigenvalue weighted by atomic mass is 16.7. The number of hydrazone groups is 1. The lowest BCUT2D eigenvalue weighted by molar-refractivity contribution is -0.0250. The molecule has 11 heteroatoms. The third-order valence-corrected chi connectivity index (χ3v) is 3.20. The number of aliphatic imine (C=N–C) groups is 2. The van der Waals surface area contributed by atoms with E-state index in [2.05, 4.69) is 78.4 Å². The second-order valence-electron chi connectivity index (χ2n) is 7.18. The minimum atomic E-state index is 0.389. The van der Waals surface area contributed by atoms with Crippen molar-refractivity contribution < 1.29 is 33.2 Å². The zero-order valence-corrected chi connectivity index (χ0v) is 32.8. The molecule has 0 amide bonds. The van der Waals surface area contributed by atoms with Crippen LogP contribution in [0.2, 0.25) is 0 Å². The lowest BCUT2D eigenvalue weighted by Gasteiger charge is -1.93. The molecule has 0 aliphatic rings. The Morgan fingerprint density at radius 2 is 1.00 bits per heavy atom. The van der Waals surface area contributed by atoms with Gasteiger partial charge in [-0.3, -0.25) is 9.98 Å². The third-order valence-electron chi connectivity index (χ3n) is 3.20. The van der Waals surface area contributed by atoms with Crippen LogP contribution in [0.4, 0.5) is 0 Å². The first kappa shape index (κ1) is 65.6. The fraction of sp³-hybridized carbons (Fsp3) is 0.794. The van der Waals surface area contributed by atoms with E-state index in [0.29, 0.717) is 33.5 Å². The van der Waals surface area contributed by atoms with Crippen LogP contribution in [0.25, 0.3) is 0 Å². The molecule has 0 unspecified atom stereocenters. The van der Waals surface area contributed by atoms with Crippen LogP contribution in [0.1, 0.15) is 88.0 Å². The van der Waals surface area contributed by atoms with E-state index in [-0.39, 0.29) is 0 Å². The maximum Gasteiger partial charge on any atom is 0.146 e. The Labute approximate surface area is 281 Å². The normalized spacial score (nSPS) is 8.62. The SMILES string of the molecule is C/C=C\C=C/C.C/C=N\NC.C=NCN=C.CC.CCCCC.CCCOC.CCOCOC.COCCOC.COCOC. The summed E-state index contributed by atoms with van der Waals surface area (Å²) in [4.78, 5) is 6.75. The fourth-order valence-electron chi connectivity index (χ4n) is 1.43. The molecule has 0 rings (SSSR count). The number of hydrogen-bond donors (Lipinski definition) is 1. The van der Waals surface area contributed by atoms with E-state index >= 15 is 0 Å². The number of nitrogens with zero attached hydrogens (tertiary/aromatic N) is 3. The van der Waals surface area contributed by atoms with E-state index in [1.54, 1.807) is 55.9 Å². The van der Waals surface area contributed by atoms with Gasteiger partial charge in [-0.1, -0.05) is 78.2 Å². The van der Waals surface area contributed by atoms with Gasteiger partial charge in [-0.2, -0.15) is 5.10 Å². The molecule has 0 aromatic carbocycles. The molecule has 45 heavy (non-hydrogen) atoms. The Kier molecular flexibility index (Phi) is 165. The quantitative estimate of drug-likeness (QED) is 0.0583. The van der Waals surface area contributed by atoms with Crippen LogP contribution in [0.15, 0.2) is 39.4 Å². The van der Waals surface area contributed by atoms with Gasteiger partial charge in [0.25, 0.3) is 0 Å². The summed E-state index contributed by atoms with van der Waals surface area (Å²) in [6.45, 7) is 28.9. The fourth-order valence-corrected chi connectivity index (χ4v) is 1.43. The Balaban J connectivity index is -0.0000000467. The van der Waals surface area contributed by atoms with Crippen LogP contribution in [-0.4, -0.2) is 116 Å². The molecule has 0 aromatic rings. The van der Waals surface area contributed by atoms with Gasteiger partial charge in [0.05, 0.1) is 13.2 Å². The zero-order chi connectivity index (χ0) is 37.1. The lowest BCUT2D eigenvalue weighted by Crippen LogP contribution is -1.96. The minimum Gasteiger partial charge on any atom is -0.385 e. The Morgan fingerprint density at radius 3 is 1.07 bits per heavy atom. The van der Waals surface area contributed by atoms with Gasteiger partial charge in [-0.05, 0) is 47.6 Å². The Bertz CT molecular complexity index is 404. The smallest absolute Gasteiger partial charge is 0.146 e. The van der Waals surface area contributed by atoms with Gasteiger partial charge in [0.15, 0.2) is 0 Å². The molecule has 0 saturated heterocycles. The average molecular weight is 657 g/mol. The first-order valence-electron chi connectivity index (χ1n) is 15.6. The topological polar surface area (TPSA) is 114 Å². The summed E-state index contributed by atoms with van der Waals surface area (Å²) in [5, 5.41) is 3.60. The number of nitrogens with one attached hydrogen (secondary N) is 1. The van der Waals surface area contributed by atoms with E-state index in [9.17, 15) is 0 Å². The summed E-state index contributed by atoms with van der Waals surface area (Å²) < 4.78 is 32.3. The first-order chi connectivity index (χ1) is 21.8. The van der Waals surface area contributed by atoms with Crippen molar-refractivity contribution in [2.24, 2.45) is 15.1 Å². The molecule has 0 aliphatic heterocycles. The molecule has 0 radical (unpaired) electrons. The number of hydrogen-bond acceptors (Lipinski definition) is 11. The van der Waals surface area contributed by atoms with Gasteiger partial charge in [-0.15, -0.1) is 0 Å². The second kappa shape index (κ2) is 113. The third kappa shape index (κ3) is 232. The number of ether oxygens (including phenoxy) is 7. The van der Waals surface area contributed by atoms with E-state index in [1.807, 2.05) is 65.8 Å². The van der Waals surface area contributed by atoms with Crippen molar-refractivity contribution in [2.45, 2.75) is 88.0 Å². The van der Waals surface area contributed by atoms with Crippen molar-refractivity contribution in [3.05, 3.63) is 24.3 Å². The van der Waals surface area contributed by atoms with Crippen molar-refractivity contribution >= 4 is 19.6 Å². The molecule has 0 bridgehead atoms. The van der Waals surface area contributed by atoms with Crippen molar-refractivity contribution in [3.63, 3.8) is 0 Å². The number of methoxy groups -OCH3 is 6. The average Bonchev–Trinajstić information content (AvgIpc) is 3.07. The second-order valence-corrected chi connectivity index (χ2v) is 7.18. The standard InChI is InChI=1S/C6H10.C5H12.2C4H10O2.C4H10O.C3H6N2.C3H8N2.C3H8O2.C2H6/c1-3-5-6-4-2;1-3-5-4-2;1-5-3-4-6-2;1-3-6-4-5-2;1-3-4-5-2;1-4-3-5-2;1-3-5-4-2;1-4-3-5-2;1-2/h3-6H,1-2H3;3-5H2,1-2H3;2*3-4H2,1-2H3;3-4H2,1-2H3;1-3H2;3-4H,1-2H3;3H2,1-2H3;1-2H3/b5-3-,6-4-;;;;;;5-3-;;. The van der Waals surface area contributed by atoms with Crippen LogP contribution >= 0.6 is 0 Å². The largest absolute Gasteiger partial charge is 0.385 e. The molecule has 1 N–H and O–H groups in total. The molecule has 0 spiro atoms. The Hall–Kier alpha value is -1.99. The number of unbranched alkanes of at least 4 members (excludes halogenated alkanes) is 2. The van der Waals surface area contributed by atoms with E-state index in [1.165, 1.54) is 19.3 Å². The molecule has 0 saturated carbocycles. The predicted octanol–water partition coefficient (Wildman–Crippen LogP) is 8.10. The van der Waals surface area contributed by atoms with Crippen molar-refractivity contribution in [1.29, 1.82) is 0 Å². The highest BCUT2D eigenvalue weighted by molar-refractivity contribution is 5.52. The molecular formula is C34H80N4O7. The van der Waals surface area contributed by atoms with Crippen LogP contribution < -0.4 is 5.43 Å². The molecule has 0 fully saturated rings. The van der Waals surface area contributed by atoms with Gasteiger partial charge in [0.2, 0.25) is 0 Å². The van der Waals surface area contributed by atoms with E-state index in [4.69, 9.17) is 9.47 Å². The summed E-state index contributed by atoms with van der Waals surface area (Å²) >= 11 is 0. The van der Waals surface area contributed by atoms with Crippen molar-refractivity contribution in [3.8, 4) is 0 Å². The molecule has 0 heterocycles. The molecule has 278 valence electrons. The van der Waals surface area contributed by atoms with Crippen LogP contribution in [0.3, 0.4) is 0 Å². The van der Waals surface area contributed by atoms with Crippen LogP contribution in [-0.2, 0) is 33.2 Å². The van der Waals surface area contributed by atoms with Gasteiger partial charge in [-0.25, -0.2) is 0 Å².